The summed E-state index contributed by atoms with van der Waals surface area (Å²) in [6.07, 6.45) is 1.65. The summed E-state index contributed by atoms with van der Waals surface area (Å²) in [6, 6.07) is 1.06. The molecule has 1 atom stereocenters. The molecule has 21 heavy (non-hydrogen) atoms. The van der Waals surface area contributed by atoms with Crippen molar-refractivity contribution in [3.8, 4) is 0 Å². The molecule has 0 saturated carbocycles. The van der Waals surface area contributed by atoms with Gasteiger partial charge in [-0.1, -0.05) is 6.92 Å². The second kappa shape index (κ2) is 6.17. The number of furan rings is 1. The predicted molar refractivity (Wildman–Crippen MR) is 73.8 cm³/mol. The van der Waals surface area contributed by atoms with Crippen molar-refractivity contribution in [2.24, 2.45) is 0 Å². The van der Waals surface area contributed by atoms with E-state index in [0.29, 0.717) is 6.61 Å². The van der Waals surface area contributed by atoms with Crippen LogP contribution in [0.1, 0.15) is 36.1 Å². The zero-order valence-electron chi connectivity index (χ0n) is 12.0. The van der Waals surface area contributed by atoms with Gasteiger partial charge < -0.3 is 14.3 Å². The molecule has 0 spiro atoms. The molecule has 7 nitrogen and oxygen atoms in total. The molecule has 1 fully saturated rings. The van der Waals surface area contributed by atoms with Crippen LogP contribution < -0.4 is 0 Å². The summed E-state index contributed by atoms with van der Waals surface area (Å²) >= 11 is 0. The number of nitrogens with zero attached hydrogens (tertiary/aromatic N) is 1. The van der Waals surface area contributed by atoms with Crippen LogP contribution >= 0.6 is 0 Å². The van der Waals surface area contributed by atoms with E-state index in [1.54, 1.807) is 6.92 Å². The number of aryl methyl sites for hydroxylation is 1. The normalized spacial score (nSPS) is 19.3. The molecule has 2 rings (SSSR count). The number of likely N-dealkylation sites (N-methyl/N-ethyl adjacent to an activating group) is 1. The number of sulfonamides is 1. The van der Waals surface area contributed by atoms with Gasteiger partial charge in [0.15, 0.2) is 0 Å². The zero-order valence-corrected chi connectivity index (χ0v) is 12.9. The first-order valence-electron chi connectivity index (χ1n) is 6.81. The molecule has 1 aromatic rings. The van der Waals surface area contributed by atoms with E-state index >= 15 is 0 Å². The minimum absolute atomic E-state index is 0.0817. The third-order valence-electron chi connectivity index (χ3n) is 3.48. The lowest BCUT2D eigenvalue weighted by Gasteiger charge is -2.22. The summed E-state index contributed by atoms with van der Waals surface area (Å²) in [7, 11) is -3.79. The smallest absolute Gasteiger partial charge is 0.371 e. The summed E-state index contributed by atoms with van der Waals surface area (Å²) in [6.45, 7) is 4.39. The lowest BCUT2D eigenvalue weighted by atomic mass is 10.2. The minimum Gasteiger partial charge on any atom is -0.475 e. The van der Waals surface area contributed by atoms with E-state index < -0.39 is 16.0 Å². The molecular formula is C13H19NO6S. The molecule has 0 bridgehead atoms. The van der Waals surface area contributed by atoms with Gasteiger partial charge in [0.25, 0.3) is 0 Å². The van der Waals surface area contributed by atoms with Gasteiger partial charge in [-0.2, -0.15) is 4.31 Å². The van der Waals surface area contributed by atoms with Gasteiger partial charge in [0.2, 0.25) is 15.8 Å². The maximum atomic E-state index is 12.6. The fourth-order valence-electron chi connectivity index (χ4n) is 2.38. The highest BCUT2D eigenvalue weighted by Gasteiger charge is 2.31. The van der Waals surface area contributed by atoms with Crippen molar-refractivity contribution >= 4 is 16.0 Å². The van der Waals surface area contributed by atoms with Crippen molar-refractivity contribution in [3.05, 3.63) is 17.6 Å². The van der Waals surface area contributed by atoms with Gasteiger partial charge in [-0.05, 0) is 19.8 Å². The molecule has 0 aromatic carbocycles. The molecule has 1 aliphatic rings. The van der Waals surface area contributed by atoms with E-state index in [0.717, 1.165) is 18.9 Å². The maximum absolute atomic E-state index is 12.6. The molecule has 1 unspecified atom stereocenters. The van der Waals surface area contributed by atoms with Gasteiger partial charge in [-0.3, -0.25) is 0 Å². The Hall–Kier alpha value is -1.38. The Bertz CT molecular complexity index is 615. The van der Waals surface area contributed by atoms with Crippen LogP contribution in [0.5, 0.6) is 0 Å². The molecule has 0 radical (unpaired) electrons. The van der Waals surface area contributed by atoms with E-state index in [-0.39, 0.29) is 35.6 Å². The monoisotopic (exact) mass is 317 g/mol. The molecule has 0 amide bonds. The first kappa shape index (κ1) is 16.0. The van der Waals surface area contributed by atoms with Crippen LogP contribution in [0.2, 0.25) is 0 Å². The Balaban J connectivity index is 2.27. The van der Waals surface area contributed by atoms with Crippen LogP contribution in [0, 0.1) is 6.92 Å². The second-order valence-corrected chi connectivity index (χ2v) is 6.83. The van der Waals surface area contributed by atoms with Gasteiger partial charge in [0, 0.05) is 25.8 Å². The quantitative estimate of drug-likeness (QED) is 0.853. The highest BCUT2D eigenvalue weighted by Crippen LogP contribution is 2.25. The molecule has 8 heteroatoms. The molecule has 1 aliphatic heterocycles. The van der Waals surface area contributed by atoms with Crippen LogP contribution in [0.3, 0.4) is 0 Å². The number of aromatic carboxylic acids is 1. The zero-order chi connectivity index (χ0) is 15.6. The SMILES string of the molecule is CCN(CC1CCCO1)S(=O)(=O)c1cc(C(=O)O)oc1C. The molecule has 118 valence electrons. The summed E-state index contributed by atoms with van der Waals surface area (Å²) in [5.41, 5.74) is 0. The largest absolute Gasteiger partial charge is 0.475 e. The number of hydrogen-bond donors (Lipinski definition) is 1. The standard InChI is InChI=1S/C13H19NO6S/c1-3-14(8-10-5-4-6-19-10)21(17,18)12-7-11(13(15)16)20-9(12)2/h7,10H,3-6,8H2,1-2H3,(H,15,16). The molecule has 1 N–H and O–H groups in total. The number of carboxylic acids is 1. The fourth-order valence-corrected chi connectivity index (χ4v) is 4.02. The van der Waals surface area contributed by atoms with Gasteiger partial charge in [0.05, 0.1) is 6.10 Å². The molecule has 2 heterocycles. The number of carboxylic acid groups (broad SMARTS) is 1. The number of carbonyl (C=O) groups is 1. The molecule has 0 aliphatic carbocycles. The number of hydrogen-bond acceptors (Lipinski definition) is 5. The number of ether oxygens (including phenoxy) is 1. The number of rotatable bonds is 6. The summed E-state index contributed by atoms with van der Waals surface area (Å²) < 4.78 is 37.0. The predicted octanol–water partition coefficient (Wildman–Crippen LogP) is 1.48. The van der Waals surface area contributed by atoms with Gasteiger partial charge in [-0.15, -0.1) is 0 Å². The lowest BCUT2D eigenvalue weighted by Crippen LogP contribution is -2.37. The lowest BCUT2D eigenvalue weighted by molar-refractivity contribution is 0.0661. The average Bonchev–Trinajstić information content (AvgIpc) is 3.04. The van der Waals surface area contributed by atoms with E-state index in [2.05, 4.69) is 0 Å². The average molecular weight is 317 g/mol. The first-order chi connectivity index (χ1) is 9.86. The minimum atomic E-state index is -3.79. The summed E-state index contributed by atoms with van der Waals surface area (Å²) in [4.78, 5) is 10.8. The van der Waals surface area contributed by atoms with Crippen LogP contribution in [0.15, 0.2) is 15.4 Å². The highest BCUT2D eigenvalue weighted by molar-refractivity contribution is 7.89. The topological polar surface area (TPSA) is 97.0 Å². The second-order valence-electron chi connectivity index (χ2n) is 4.93. The van der Waals surface area contributed by atoms with Crippen LogP contribution in [0.4, 0.5) is 0 Å². The first-order valence-corrected chi connectivity index (χ1v) is 8.25. The van der Waals surface area contributed by atoms with Crippen molar-refractivity contribution in [2.45, 2.75) is 37.7 Å². The Kier molecular flexibility index (Phi) is 4.70. The molecule has 1 aromatic heterocycles. The van der Waals surface area contributed by atoms with Crippen LogP contribution in [0.25, 0.3) is 0 Å². The van der Waals surface area contributed by atoms with E-state index in [4.69, 9.17) is 14.3 Å². The Morgan fingerprint density at radius 3 is 2.71 bits per heavy atom. The Morgan fingerprint density at radius 2 is 2.24 bits per heavy atom. The molecular weight excluding hydrogens is 298 g/mol. The third-order valence-corrected chi connectivity index (χ3v) is 5.53. The van der Waals surface area contributed by atoms with Crippen molar-refractivity contribution in [3.63, 3.8) is 0 Å². The third kappa shape index (κ3) is 3.28. The van der Waals surface area contributed by atoms with Crippen LogP contribution in [-0.2, 0) is 14.8 Å². The van der Waals surface area contributed by atoms with Crippen LogP contribution in [-0.4, -0.2) is 49.6 Å². The van der Waals surface area contributed by atoms with Gasteiger partial charge in [-0.25, -0.2) is 13.2 Å². The summed E-state index contributed by atoms with van der Waals surface area (Å²) in [5, 5.41) is 8.89. The van der Waals surface area contributed by atoms with E-state index in [9.17, 15) is 13.2 Å². The van der Waals surface area contributed by atoms with Crippen molar-refractivity contribution in [2.75, 3.05) is 19.7 Å². The van der Waals surface area contributed by atoms with Crippen molar-refractivity contribution in [1.29, 1.82) is 0 Å². The fraction of sp³-hybridized carbons (Fsp3) is 0.615. The van der Waals surface area contributed by atoms with Crippen molar-refractivity contribution in [1.82, 2.24) is 4.31 Å². The summed E-state index contributed by atoms with van der Waals surface area (Å²) in [5.74, 6) is -1.58. The highest BCUT2D eigenvalue weighted by atomic mass is 32.2. The Morgan fingerprint density at radius 1 is 1.52 bits per heavy atom. The van der Waals surface area contributed by atoms with Gasteiger partial charge in [0.1, 0.15) is 10.7 Å². The molecule has 1 saturated heterocycles. The van der Waals surface area contributed by atoms with E-state index in [1.807, 2.05) is 0 Å². The Labute approximate surface area is 123 Å². The maximum Gasteiger partial charge on any atom is 0.371 e. The van der Waals surface area contributed by atoms with Gasteiger partial charge >= 0.3 is 5.97 Å². The van der Waals surface area contributed by atoms with E-state index in [1.165, 1.54) is 11.2 Å². The van der Waals surface area contributed by atoms with Crippen molar-refractivity contribution < 1.29 is 27.5 Å².